The molecule has 2 aliphatic heterocycles. The molecule has 0 bridgehead atoms. The maximum atomic E-state index is 13.4. The first kappa shape index (κ1) is 20.1. The van der Waals surface area contributed by atoms with Gasteiger partial charge in [0.15, 0.2) is 0 Å². The number of carbonyl (C=O) groups excluding carboxylic acids is 1. The van der Waals surface area contributed by atoms with Crippen molar-refractivity contribution in [3.63, 3.8) is 0 Å². The minimum atomic E-state index is -0.446. The van der Waals surface area contributed by atoms with E-state index in [-0.39, 0.29) is 34.5 Å². The fourth-order valence-corrected chi connectivity index (χ4v) is 5.45. The predicted octanol–water partition coefficient (Wildman–Crippen LogP) is 5.70. The molecule has 3 unspecified atom stereocenters. The molecule has 6 nitrogen and oxygen atoms in total. The Morgan fingerprint density at radius 1 is 1.16 bits per heavy atom. The number of nitrogens with one attached hydrogen (secondary N) is 1. The van der Waals surface area contributed by atoms with Gasteiger partial charge in [-0.15, -0.1) is 0 Å². The van der Waals surface area contributed by atoms with Gasteiger partial charge in [0, 0.05) is 25.1 Å². The molecule has 1 saturated heterocycles. The van der Waals surface area contributed by atoms with Crippen LogP contribution in [-0.4, -0.2) is 28.8 Å². The molecule has 0 aromatic heterocycles. The number of para-hydroxylation sites is 1. The number of benzene rings is 2. The SMILES string of the molecule is O=C(c1cccc2c1NC(c1ccc(Cl)c([N+](=O)[O-])c1)C1CC=CC21)N1CCCCC1. The van der Waals surface area contributed by atoms with Gasteiger partial charge in [-0.2, -0.15) is 0 Å². The van der Waals surface area contributed by atoms with Crippen molar-refractivity contribution < 1.29 is 9.72 Å². The van der Waals surface area contributed by atoms with Crippen LogP contribution in [0.25, 0.3) is 0 Å². The van der Waals surface area contributed by atoms with Gasteiger partial charge in [-0.25, -0.2) is 0 Å². The molecular formula is C24H24ClN3O3. The summed E-state index contributed by atoms with van der Waals surface area (Å²) in [6, 6.07) is 10.8. The highest BCUT2D eigenvalue weighted by Crippen LogP contribution is 2.51. The molecule has 1 amide bonds. The summed E-state index contributed by atoms with van der Waals surface area (Å²) in [5.41, 5.74) is 3.40. The Labute approximate surface area is 186 Å². The number of carbonyl (C=O) groups is 1. The Kier molecular flexibility index (Phi) is 5.18. The van der Waals surface area contributed by atoms with Crippen LogP contribution < -0.4 is 5.32 Å². The van der Waals surface area contributed by atoms with E-state index in [1.54, 1.807) is 12.1 Å². The van der Waals surface area contributed by atoms with Crippen LogP contribution in [-0.2, 0) is 0 Å². The zero-order valence-corrected chi connectivity index (χ0v) is 17.8. The van der Waals surface area contributed by atoms with Crippen LogP contribution in [0.5, 0.6) is 0 Å². The first-order valence-corrected chi connectivity index (χ1v) is 11.2. The highest BCUT2D eigenvalue weighted by molar-refractivity contribution is 6.32. The van der Waals surface area contributed by atoms with E-state index in [9.17, 15) is 14.9 Å². The van der Waals surface area contributed by atoms with Crippen LogP contribution in [0.2, 0.25) is 5.02 Å². The second-order valence-corrected chi connectivity index (χ2v) is 8.97. The number of nitro benzene ring substituents is 1. The number of nitro groups is 1. The normalized spacial score (nSPS) is 24.3. The van der Waals surface area contributed by atoms with E-state index >= 15 is 0 Å². The molecule has 1 fully saturated rings. The molecule has 2 aromatic rings. The standard InChI is InChI=1S/C24H24ClN3O3/c25-20-11-10-15(14-21(20)28(30)31)22-17-7-4-6-16(17)18-8-5-9-19(23(18)26-22)24(29)27-12-2-1-3-13-27/h4-6,8-11,14,16-17,22,26H,1-3,7,12-13H2. The summed E-state index contributed by atoms with van der Waals surface area (Å²) in [5, 5.41) is 15.2. The van der Waals surface area contributed by atoms with E-state index in [4.69, 9.17) is 11.6 Å². The van der Waals surface area contributed by atoms with Crippen LogP contribution in [0.4, 0.5) is 11.4 Å². The lowest BCUT2D eigenvalue weighted by Crippen LogP contribution is -2.37. The van der Waals surface area contributed by atoms with Crippen molar-refractivity contribution in [1.82, 2.24) is 4.90 Å². The highest BCUT2D eigenvalue weighted by Gasteiger charge is 2.40. The number of hydrogen-bond donors (Lipinski definition) is 1. The van der Waals surface area contributed by atoms with Crippen LogP contribution >= 0.6 is 11.6 Å². The molecule has 0 spiro atoms. The van der Waals surface area contributed by atoms with E-state index in [0.29, 0.717) is 5.56 Å². The number of piperidine rings is 1. The van der Waals surface area contributed by atoms with Gasteiger partial charge in [0.05, 0.1) is 22.2 Å². The molecule has 2 heterocycles. The third-order valence-corrected chi connectivity index (χ3v) is 7.12. The van der Waals surface area contributed by atoms with E-state index in [1.165, 1.54) is 6.42 Å². The lowest BCUT2D eigenvalue weighted by Gasteiger charge is -2.39. The largest absolute Gasteiger partial charge is 0.377 e. The van der Waals surface area contributed by atoms with Crippen molar-refractivity contribution in [2.24, 2.45) is 5.92 Å². The molecule has 7 heteroatoms. The third-order valence-electron chi connectivity index (χ3n) is 6.80. The number of nitrogens with zero attached hydrogens (tertiary/aromatic N) is 2. The van der Waals surface area contributed by atoms with Crippen LogP contribution in [0, 0.1) is 16.0 Å². The van der Waals surface area contributed by atoms with Crippen molar-refractivity contribution in [2.45, 2.75) is 37.6 Å². The molecule has 2 aromatic carbocycles. The van der Waals surface area contributed by atoms with Crippen molar-refractivity contribution in [3.8, 4) is 0 Å². The zero-order valence-electron chi connectivity index (χ0n) is 17.1. The van der Waals surface area contributed by atoms with E-state index in [2.05, 4.69) is 23.5 Å². The number of rotatable bonds is 3. The number of hydrogen-bond acceptors (Lipinski definition) is 4. The maximum Gasteiger partial charge on any atom is 0.288 e. The fraction of sp³-hybridized carbons (Fsp3) is 0.375. The quantitative estimate of drug-likeness (QED) is 0.379. The summed E-state index contributed by atoms with van der Waals surface area (Å²) >= 11 is 6.05. The molecule has 5 rings (SSSR count). The Morgan fingerprint density at radius 3 is 2.74 bits per heavy atom. The Morgan fingerprint density at radius 2 is 1.97 bits per heavy atom. The number of anilines is 1. The summed E-state index contributed by atoms with van der Waals surface area (Å²) in [6.07, 6.45) is 8.50. The second kappa shape index (κ2) is 8.00. The number of amides is 1. The summed E-state index contributed by atoms with van der Waals surface area (Å²) in [6.45, 7) is 1.59. The van der Waals surface area contributed by atoms with Gasteiger partial charge >= 0.3 is 0 Å². The topological polar surface area (TPSA) is 75.5 Å². The van der Waals surface area contributed by atoms with E-state index in [0.717, 1.165) is 49.2 Å². The Hall–Kier alpha value is -2.86. The Balaban J connectivity index is 1.56. The van der Waals surface area contributed by atoms with Gasteiger partial charge in [0.2, 0.25) is 0 Å². The average molecular weight is 438 g/mol. The summed E-state index contributed by atoms with van der Waals surface area (Å²) in [5.74, 6) is 0.462. The minimum absolute atomic E-state index is 0.0605. The first-order chi connectivity index (χ1) is 15.0. The second-order valence-electron chi connectivity index (χ2n) is 8.57. The molecule has 160 valence electrons. The monoisotopic (exact) mass is 437 g/mol. The lowest BCUT2D eigenvalue weighted by atomic mass is 9.76. The van der Waals surface area contributed by atoms with Gasteiger partial charge in [0.25, 0.3) is 11.6 Å². The van der Waals surface area contributed by atoms with Crippen molar-refractivity contribution in [2.75, 3.05) is 18.4 Å². The van der Waals surface area contributed by atoms with Crippen molar-refractivity contribution >= 4 is 28.9 Å². The molecule has 3 atom stereocenters. The lowest BCUT2D eigenvalue weighted by molar-refractivity contribution is -0.384. The van der Waals surface area contributed by atoms with Crippen molar-refractivity contribution in [3.05, 3.63) is 80.4 Å². The summed E-state index contributed by atoms with van der Waals surface area (Å²) < 4.78 is 0. The highest BCUT2D eigenvalue weighted by atomic mass is 35.5. The summed E-state index contributed by atoms with van der Waals surface area (Å²) in [7, 11) is 0. The number of halogens is 1. The van der Waals surface area contributed by atoms with Gasteiger partial charge in [-0.05, 0) is 54.9 Å². The van der Waals surface area contributed by atoms with Gasteiger partial charge in [-0.1, -0.05) is 42.0 Å². The van der Waals surface area contributed by atoms with Gasteiger partial charge < -0.3 is 10.2 Å². The number of fused-ring (bicyclic) bond motifs is 3. The van der Waals surface area contributed by atoms with Crippen LogP contribution in [0.15, 0.2) is 48.6 Å². The molecule has 1 aliphatic carbocycles. The minimum Gasteiger partial charge on any atom is -0.377 e. The molecule has 3 aliphatic rings. The smallest absolute Gasteiger partial charge is 0.288 e. The molecule has 1 N–H and O–H groups in total. The van der Waals surface area contributed by atoms with E-state index < -0.39 is 4.92 Å². The molecular weight excluding hydrogens is 414 g/mol. The summed E-state index contributed by atoms with van der Waals surface area (Å²) in [4.78, 5) is 26.3. The third kappa shape index (κ3) is 3.49. The molecule has 0 saturated carbocycles. The maximum absolute atomic E-state index is 13.4. The Bertz CT molecular complexity index is 1080. The fourth-order valence-electron chi connectivity index (χ4n) is 5.26. The van der Waals surface area contributed by atoms with Gasteiger partial charge in [-0.3, -0.25) is 14.9 Å². The molecule has 0 radical (unpaired) electrons. The van der Waals surface area contributed by atoms with Crippen molar-refractivity contribution in [1.29, 1.82) is 0 Å². The number of allylic oxidation sites excluding steroid dienone is 2. The number of likely N-dealkylation sites (tertiary alicyclic amines) is 1. The zero-order chi connectivity index (χ0) is 21.5. The first-order valence-electron chi connectivity index (χ1n) is 10.8. The molecule has 31 heavy (non-hydrogen) atoms. The van der Waals surface area contributed by atoms with Crippen LogP contribution in [0.3, 0.4) is 0 Å². The van der Waals surface area contributed by atoms with Gasteiger partial charge in [0.1, 0.15) is 5.02 Å². The predicted molar refractivity (Wildman–Crippen MR) is 121 cm³/mol. The van der Waals surface area contributed by atoms with Crippen LogP contribution in [0.1, 0.15) is 59.1 Å². The average Bonchev–Trinajstić information content (AvgIpc) is 3.29. The van der Waals surface area contributed by atoms with E-state index in [1.807, 2.05) is 23.1 Å².